The van der Waals surface area contributed by atoms with Crippen LogP contribution in [0.3, 0.4) is 0 Å². The molecule has 4 nitrogen and oxygen atoms in total. The first-order valence-corrected chi connectivity index (χ1v) is 7.83. The second kappa shape index (κ2) is 5.90. The molecule has 0 saturated carbocycles. The van der Waals surface area contributed by atoms with E-state index >= 15 is 0 Å². The van der Waals surface area contributed by atoms with Crippen LogP contribution in [0.15, 0.2) is 30.5 Å². The van der Waals surface area contributed by atoms with Gasteiger partial charge in [-0.15, -0.1) is 0 Å². The molecule has 3 rings (SSSR count). The van der Waals surface area contributed by atoms with E-state index in [1.54, 1.807) is 0 Å². The number of carbonyl (C=O) groups is 1. The van der Waals surface area contributed by atoms with Gasteiger partial charge in [0.15, 0.2) is 0 Å². The summed E-state index contributed by atoms with van der Waals surface area (Å²) in [5.41, 5.74) is 1.87. The summed E-state index contributed by atoms with van der Waals surface area (Å²) in [6.07, 6.45) is 2.99. The number of hydrogen-bond donors (Lipinski definition) is 1. The van der Waals surface area contributed by atoms with Gasteiger partial charge in [0, 0.05) is 41.8 Å². The van der Waals surface area contributed by atoms with E-state index in [1.165, 1.54) is 0 Å². The Kier molecular flexibility index (Phi) is 3.97. The number of amides is 1. The van der Waals surface area contributed by atoms with Gasteiger partial charge in [-0.1, -0.05) is 13.8 Å². The van der Waals surface area contributed by atoms with Gasteiger partial charge < -0.3 is 9.88 Å². The minimum atomic E-state index is 0.160. The van der Waals surface area contributed by atoms with Crippen LogP contribution < -0.4 is 0 Å². The fraction of sp³-hybridized carbons (Fsp3) is 0.471. The van der Waals surface area contributed by atoms with Gasteiger partial charge in [0.2, 0.25) is 0 Å². The number of carbonyl (C=O) groups excluding carboxylic acids is 1. The van der Waals surface area contributed by atoms with Crippen molar-refractivity contribution < 1.29 is 4.79 Å². The highest BCUT2D eigenvalue weighted by Gasteiger charge is 2.29. The molecule has 0 spiro atoms. The van der Waals surface area contributed by atoms with Crippen molar-refractivity contribution in [1.82, 2.24) is 14.8 Å². The van der Waals surface area contributed by atoms with Crippen molar-refractivity contribution in [3.8, 4) is 0 Å². The minimum Gasteiger partial charge on any atom is -0.361 e. The predicted molar refractivity (Wildman–Crippen MR) is 85.5 cm³/mol. The summed E-state index contributed by atoms with van der Waals surface area (Å²) in [5.74, 6) is 0.160. The number of H-pyrrole nitrogens is 1. The van der Waals surface area contributed by atoms with Crippen LogP contribution in [0.4, 0.5) is 0 Å². The lowest BCUT2D eigenvalue weighted by Gasteiger charge is -2.26. The first-order valence-electron chi connectivity index (χ1n) is 7.83. The Morgan fingerprint density at radius 3 is 2.90 bits per heavy atom. The summed E-state index contributed by atoms with van der Waals surface area (Å²) in [6.45, 7) is 8.20. The maximum Gasteiger partial charge on any atom is 0.253 e. The molecule has 2 aromatic rings. The van der Waals surface area contributed by atoms with Gasteiger partial charge in [0.05, 0.1) is 0 Å². The van der Waals surface area contributed by atoms with Gasteiger partial charge in [-0.2, -0.15) is 0 Å². The molecule has 1 aliphatic heterocycles. The number of nitrogens with zero attached hydrogens (tertiary/aromatic N) is 2. The summed E-state index contributed by atoms with van der Waals surface area (Å²) in [4.78, 5) is 20.3. The highest BCUT2D eigenvalue weighted by Crippen LogP contribution is 2.20. The van der Waals surface area contributed by atoms with Gasteiger partial charge in [-0.3, -0.25) is 9.69 Å². The Morgan fingerprint density at radius 1 is 1.33 bits per heavy atom. The summed E-state index contributed by atoms with van der Waals surface area (Å²) in [5, 5.41) is 1.10. The SMILES string of the molecule is CCN(CC)C1CCN(C(=O)c2ccc3[nH]ccc3c2)C1. The molecule has 0 bridgehead atoms. The molecule has 1 fully saturated rings. The van der Waals surface area contributed by atoms with Crippen LogP contribution in [0.5, 0.6) is 0 Å². The lowest BCUT2D eigenvalue weighted by Crippen LogP contribution is -2.38. The molecular weight excluding hydrogens is 262 g/mol. The van der Waals surface area contributed by atoms with E-state index in [-0.39, 0.29) is 5.91 Å². The van der Waals surface area contributed by atoms with Crippen molar-refractivity contribution in [3.05, 3.63) is 36.0 Å². The normalized spacial score (nSPS) is 18.8. The van der Waals surface area contributed by atoms with Crippen LogP contribution in [0.2, 0.25) is 0 Å². The van der Waals surface area contributed by atoms with E-state index in [4.69, 9.17) is 0 Å². The minimum absolute atomic E-state index is 0.160. The standard InChI is InChI=1S/C17H23N3O/c1-3-19(4-2)15-8-10-20(12-15)17(21)14-5-6-16-13(11-14)7-9-18-16/h5-7,9,11,15,18H,3-4,8,10,12H2,1-2H3. The van der Waals surface area contributed by atoms with Gasteiger partial charge in [-0.05, 0) is 43.8 Å². The maximum atomic E-state index is 12.7. The summed E-state index contributed by atoms with van der Waals surface area (Å²) < 4.78 is 0. The van der Waals surface area contributed by atoms with E-state index in [0.29, 0.717) is 6.04 Å². The number of likely N-dealkylation sites (tertiary alicyclic amines) is 1. The predicted octanol–water partition coefficient (Wildman–Crippen LogP) is 2.72. The third-order valence-electron chi connectivity index (χ3n) is 4.58. The number of likely N-dealkylation sites (N-methyl/N-ethyl adjacent to an activating group) is 1. The smallest absolute Gasteiger partial charge is 0.253 e. The van der Waals surface area contributed by atoms with Crippen LogP contribution in [0, 0.1) is 0 Å². The molecule has 2 heterocycles. The average molecular weight is 285 g/mol. The molecule has 4 heteroatoms. The Hall–Kier alpha value is -1.81. The molecule has 1 amide bonds. The Balaban J connectivity index is 1.73. The molecule has 21 heavy (non-hydrogen) atoms. The Bertz CT molecular complexity index is 630. The van der Waals surface area contributed by atoms with E-state index < -0.39 is 0 Å². The van der Waals surface area contributed by atoms with Crippen LogP contribution in [0.1, 0.15) is 30.6 Å². The van der Waals surface area contributed by atoms with Crippen molar-refractivity contribution in [2.24, 2.45) is 0 Å². The van der Waals surface area contributed by atoms with Crippen molar-refractivity contribution in [2.75, 3.05) is 26.2 Å². The lowest BCUT2D eigenvalue weighted by molar-refractivity contribution is 0.0778. The van der Waals surface area contributed by atoms with E-state index in [1.807, 2.05) is 35.4 Å². The van der Waals surface area contributed by atoms with Crippen LogP contribution in [-0.4, -0.2) is 52.9 Å². The third-order valence-corrected chi connectivity index (χ3v) is 4.58. The monoisotopic (exact) mass is 285 g/mol. The molecule has 1 N–H and O–H groups in total. The summed E-state index contributed by atoms with van der Waals surface area (Å²) in [7, 11) is 0. The molecule has 1 aliphatic rings. The molecule has 1 unspecified atom stereocenters. The lowest BCUT2D eigenvalue weighted by atomic mass is 10.1. The molecule has 112 valence electrons. The molecule has 1 aromatic heterocycles. The maximum absolute atomic E-state index is 12.7. The fourth-order valence-corrected chi connectivity index (χ4v) is 3.33. The molecule has 1 saturated heterocycles. The Labute approximate surface area is 125 Å². The molecule has 1 atom stereocenters. The number of aromatic nitrogens is 1. The number of benzene rings is 1. The highest BCUT2D eigenvalue weighted by molar-refractivity contribution is 5.98. The van der Waals surface area contributed by atoms with Crippen molar-refractivity contribution >= 4 is 16.8 Å². The largest absolute Gasteiger partial charge is 0.361 e. The average Bonchev–Trinajstić information content (AvgIpc) is 3.16. The quantitative estimate of drug-likeness (QED) is 0.938. The second-order valence-corrected chi connectivity index (χ2v) is 5.69. The van der Waals surface area contributed by atoms with Crippen molar-refractivity contribution in [1.29, 1.82) is 0 Å². The summed E-state index contributed by atoms with van der Waals surface area (Å²) >= 11 is 0. The first kappa shape index (κ1) is 14.1. The van der Waals surface area contributed by atoms with Crippen LogP contribution in [-0.2, 0) is 0 Å². The third kappa shape index (κ3) is 2.68. The number of fused-ring (bicyclic) bond motifs is 1. The van der Waals surface area contributed by atoms with Gasteiger partial charge >= 0.3 is 0 Å². The summed E-state index contributed by atoms with van der Waals surface area (Å²) in [6, 6.07) is 8.42. The molecule has 0 aliphatic carbocycles. The van der Waals surface area contributed by atoms with Crippen LogP contribution >= 0.6 is 0 Å². The highest BCUT2D eigenvalue weighted by atomic mass is 16.2. The zero-order valence-corrected chi connectivity index (χ0v) is 12.8. The molecule has 0 radical (unpaired) electrons. The van der Waals surface area contributed by atoms with Crippen molar-refractivity contribution in [2.45, 2.75) is 26.3 Å². The first-order chi connectivity index (χ1) is 10.2. The topological polar surface area (TPSA) is 39.3 Å². The van der Waals surface area contributed by atoms with E-state index in [9.17, 15) is 4.79 Å². The zero-order chi connectivity index (χ0) is 14.8. The number of hydrogen-bond acceptors (Lipinski definition) is 2. The number of nitrogens with one attached hydrogen (secondary N) is 1. The van der Waals surface area contributed by atoms with Crippen LogP contribution in [0.25, 0.3) is 10.9 Å². The number of aromatic amines is 1. The number of rotatable bonds is 4. The fourth-order valence-electron chi connectivity index (χ4n) is 3.33. The zero-order valence-electron chi connectivity index (χ0n) is 12.8. The van der Waals surface area contributed by atoms with Gasteiger partial charge in [-0.25, -0.2) is 0 Å². The molecular formula is C17H23N3O. The Morgan fingerprint density at radius 2 is 2.14 bits per heavy atom. The van der Waals surface area contributed by atoms with Crippen molar-refractivity contribution in [3.63, 3.8) is 0 Å². The van der Waals surface area contributed by atoms with E-state index in [2.05, 4.69) is 23.7 Å². The molecule has 1 aromatic carbocycles. The van der Waals surface area contributed by atoms with Gasteiger partial charge in [0.25, 0.3) is 5.91 Å². The second-order valence-electron chi connectivity index (χ2n) is 5.69. The van der Waals surface area contributed by atoms with E-state index in [0.717, 1.165) is 49.1 Å². The van der Waals surface area contributed by atoms with Gasteiger partial charge in [0.1, 0.15) is 0 Å².